The maximum absolute atomic E-state index is 12.7. The highest BCUT2D eigenvalue weighted by molar-refractivity contribution is 7.88. The molecule has 0 radical (unpaired) electrons. The van der Waals surface area contributed by atoms with Crippen molar-refractivity contribution in [3.63, 3.8) is 0 Å². The molecule has 1 saturated heterocycles. The molecule has 0 aromatic heterocycles. The number of hydrogen-bond acceptors (Lipinski definition) is 3. The van der Waals surface area contributed by atoms with Crippen LogP contribution in [0, 0.1) is 5.82 Å². The van der Waals surface area contributed by atoms with E-state index in [-0.39, 0.29) is 17.6 Å². The van der Waals surface area contributed by atoms with Gasteiger partial charge in [0.15, 0.2) is 0 Å². The Morgan fingerprint density at radius 1 is 1.33 bits per heavy atom. The summed E-state index contributed by atoms with van der Waals surface area (Å²) in [4.78, 5) is 0. The van der Waals surface area contributed by atoms with Crippen molar-refractivity contribution in [1.29, 1.82) is 0 Å². The summed E-state index contributed by atoms with van der Waals surface area (Å²) in [6.07, 6.45) is 1.66. The van der Waals surface area contributed by atoms with Crippen molar-refractivity contribution in [2.45, 2.75) is 24.6 Å². The van der Waals surface area contributed by atoms with Gasteiger partial charge in [-0.1, -0.05) is 12.1 Å². The van der Waals surface area contributed by atoms with Gasteiger partial charge in [-0.15, -0.1) is 0 Å². The first-order valence-electron chi connectivity index (χ1n) is 5.95. The Labute approximate surface area is 107 Å². The van der Waals surface area contributed by atoms with Gasteiger partial charge in [0.1, 0.15) is 5.82 Å². The fraction of sp³-hybridized carbons (Fsp3) is 0.500. The lowest BCUT2D eigenvalue weighted by Crippen LogP contribution is -2.46. The van der Waals surface area contributed by atoms with E-state index in [1.807, 2.05) is 0 Å². The van der Waals surface area contributed by atoms with Gasteiger partial charge in [0.2, 0.25) is 10.0 Å². The second-order valence-electron chi connectivity index (χ2n) is 4.64. The molecule has 1 aromatic carbocycles. The van der Waals surface area contributed by atoms with Crippen LogP contribution in [0.15, 0.2) is 24.3 Å². The van der Waals surface area contributed by atoms with Crippen LogP contribution in [-0.2, 0) is 15.8 Å². The number of piperidine rings is 1. The summed E-state index contributed by atoms with van der Waals surface area (Å²) in [6.45, 7) is 0.904. The van der Waals surface area contributed by atoms with Gasteiger partial charge in [-0.25, -0.2) is 17.1 Å². The molecule has 1 heterocycles. The summed E-state index contributed by atoms with van der Waals surface area (Å²) >= 11 is 0. The number of halogens is 1. The van der Waals surface area contributed by atoms with Gasteiger partial charge in [0, 0.05) is 19.1 Å². The van der Waals surface area contributed by atoms with Gasteiger partial charge in [0.05, 0.1) is 5.75 Å². The zero-order valence-corrected chi connectivity index (χ0v) is 10.9. The Kier molecular flexibility index (Phi) is 3.99. The predicted octanol–water partition coefficient (Wildman–Crippen LogP) is 1.08. The number of nitrogens with zero attached hydrogens (tertiary/aromatic N) is 1. The van der Waals surface area contributed by atoms with Crippen molar-refractivity contribution in [2.75, 3.05) is 13.1 Å². The molecule has 1 fully saturated rings. The number of sulfonamides is 1. The van der Waals surface area contributed by atoms with Crippen molar-refractivity contribution in [3.8, 4) is 0 Å². The third kappa shape index (κ3) is 3.28. The van der Waals surface area contributed by atoms with Gasteiger partial charge in [-0.05, 0) is 30.5 Å². The van der Waals surface area contributed by atoms with E-state index in [1.54, 1.807) is 0 Å². The second-order valence-corrected chi connectivity index (χ2v) is 6.61. The van der Waals surface area contributed by atoms with Crippen LogP contribution in [0.25, 0.3) is 0 Å². The molecule has 6 heteroatoms. The van der Waals surface area contributed by atoms with Crippen molar-refractivity contribution >= 4 is 10.0 Å². The molecule has 1 atom stereocenters. The quantitative estimate of drug-likeness (QED) is 0.895. The van der Waals surface area contributed by atoms with Crippen LogP contribution < -0.4 is 5.73 Å². The minimum Gasteiger partial charge on any atom is -0.327 e. The lowest BCUT2D eigenvalue weighted by molar-refractivity contribution is 0.316. The van der Waals surface area contributed by atoms with Crippen LogP contribution in [0.1, 0.15) is 18.4 Å². The largest absolute Gasteiger partial charge is 0.327 e. The molecule has 4 nitrogen and oxygen atoms in total. The van der Waals surface area contributed by atoms with E-state index < -0.39 is 10.0 Å². The minimum absolute atomic E-state index is 0.0817. The van der Waals surface area contributed by atoms with Crippen LogP contribution in [0.3, 0.4) is 0 Å². The van der Waals surface area contributed by atoms with E-state index in [4.69, 9.17) is 5.73 Å². The van der Waals surface area contributed by atoms with Crippen molar-refractivity contribution in [1.82, 2.24) is 4.31 Å². The van der Waals surface area contributed by atoms with Crippen LogP contribution >= 0.6 is 0 Å². The SMILES string of the molecule is N[C@H]1CCCN(S(=O)(=O)Cc2ccc(F)cc2)C1. The smallest absolute Gasteiger partial charge is 0.218 e. The van der Waals surface area contributed by atoms with Gasteiger partial charge in [-0.2, -0.15) is 0 Å². The van der Waals surface area contributed by atoms with E-state index in [0.29, 0.717) is 18.7 Å². The molecular weight excluding hydrogens is 255 g/mol. The van der Waals surface area contributed by atoms with Crippen LogP contribution in [-0.4, -0.2) is 31.9 Å². The summed E-state index contributed by atoms with van der Waals surface area (Å²) in [5, 5.41) is 0. The zero-order valence-electron chi connectivity index (χ0n) is 10.0. The molecule has 100 valence electrons. The maximum atomic E-state index is 12.7. The number of hydrogen-bond donors (Lipinski definition) is 1. The van der Waals surface area contributed by atoms with E-state index in [9.17, 15) is 12.8 Å². The summed E-state index contributed by atoms with van der Waals surface area (Å²) in [5.41, 5.74) is 6.37. The second kappa shape index (κ2) is 5.34. The molecule has 0 amide bonds. The topological polar surface area (TPSA) is 63.4 Å². The Morgan fingerprint density at radius 3 is 2.61 bits per heavy atom. The third-order valence-electron chi connectivity index (χ3n) is 3.08. The average molecular weight is 272 g/mol. The minimum atomic E-state index is -3.35. The molecule has 18 heavy (non-hydrogen) atoms. The Morgan fingerprint density at radius 2 is 2.00 bits per heavy atom. The Bertz CT molecular complexity index is 501. The Balaban J connectivity index is 2.09. The number of rotatable bonds is 3. The first-order chi connectivity index (χ1) is 8.47. The summed E-state index contributed by atoms with van der Waals surface area (Å²) < 4.78 is 38.5. The van der Waals surface area contributed by atoms with E-state index in [2.05, 4.69) is 0 Å². The summed E-state index contributed by atoms with van der Waals surface area (Å²) in [5.74, 6) is -0.462. The Hall–Kier alpha value is -0.980. The van der Waals surface area contributed by atoms with Crippen LogP contribution in [0.4, 0.5) is 4.39 Å². The van der Waals surface area contributed by atoms with Gasteiger partial charge in [0.25, 0.3) is 0 Å². The van der Waals surface area contributed by atoms with Gasteiger partial charge in [-0.3, -0.25) is 0 Å². The van der Waals surface area contributed by atoms with E-state index in [0.717, 1.165) is 12.8 Å². The van der Waals surface area contributed by atoms with Crippen LogP contribution in [0.2, 0.25) is 0 Å². The highest BCUT2D eigenvalue weighted by Gasteiger charge is 2.27. The molecule has 0 unspecified atom stereocenters. The normalized spacial score (nSPS) is 22.0. The molecule has 1 aromatic rings. The van der Waals surface area contributed by atoms with Crippen molar-refractivity contribution < 1.29 is 12.8 Å². The lowest BCUT2D eigenvalue weighted by atomic mass is 10.1. The molecule has 0 bridgehead atoms. The fourth-order valence-corrected chi connectivity index (χ4v) is 3.73. The summed E-state index contributed by atoms with van der Waals surface area (Å²) in [6, 6.07) is 5.45. The molecule has 0 spiro atoms. The monoisotopic (exact) mass is 272 g/mol. The summed E-state index contributed by atoms with van der Waals surface area (Å²) in [7, 11) is -3.35. The lowest BCUT2D eigenvalue weighted by Gasteiger charge is -2.29. The standard InChI is InChI=1S/C12H17FN2O2S/c13-11-5-3-10(4-6-11)9-18(16,17)15-7-1-2-12(14)8-15/h3-6,12H,1-2,7-9,14H2/t12-/m0/s1. The van der Waals surface area contributed by atoms with E-state index in [1.165, 1.54) is 28.6 Å². The fourth-order valence-electron chi connectivity index (χ4n) is 2.11. The van der Waals surface area contributed by atoms with Crippen LogP contribution in [0.5, 0.6) is 0 Å². The molecular formula is C12H17FN2O2S. The van der Waals surface area contributed by atoms with E-state index >= 15 is 0 Å². The molecule has 2 rings (SSSR count). The molecule has 2 N–H and O–H groups in total. The zero-order chi connectivity index (χ0) is 13.2. The first kappa shape index (κ1) is 13.5. The third-order valence-corrected chi connectivity index (χ3v) is 4.89. The maximum Gasteiger partial charge on any atom is 0.218 e. The van der Waals surface area contributed by atoms with Gasteiger partial charge < -0.3 is 5.73 Å². The first-order valence-corrected chi connectivity index (χ1v) is 7.56. The number of nitrogens with two attached hydrogens (primary N) is 1. The number of benzene rings is 1. The molecule has 1 aliphatic rings. The average Bonchev–Trinajstić information content (AvgIpc) is 2.32. The molecule has 1 aliphatic heterocycles. The van der Waals surface area contributed by atoms with Crippen molar-refractivity contribution in [3.05, 3.63) is 35.6 Å². The molecule has 0 aliphatic carbocycles. The van der Waals surface area contributed by atoms with Crippen molar-refractivity contribution in [2.24, 2.45) is 5.73 Å². The highest BCUT2D eigenvalue weighted by Crippen LogP contribution is 2.17. The predicted molar refractivity (Wildman–Crippen MR) is 67.8 cm³/mol. The molecule has 0 saturated carbocycles. The van der Waals surface area contributed by atoms with Gasteiger partial charge >= 0.3 is 0 Å². The highest BCUT2D eigenvalue weighted by atomic mass is 32.2.